The van der Waals surface area contributed by atoms with E-state index < -0.39 is 10.0 Å². The Morgan fingerprint density at radius 3 is 2.40 bits per heavy atom. The van der Waals surface area contributed by atoms with Gasteiger partial charge in [-0.15, -0.1) is 0 Å². The zero-order valence-corrected chi connectivity index (χ0v) is 12.8. The van der Waals surface area contributed by atoms with Gasteiger partial charge in [0.05, 0.1) is 4.90 Å². The molecule has 1 N–H and O–H groups in total. The molecule has 0 bridgehead atoms. The van der Waals surface area contributed by atoms with E-state index in [1.807, 2.05) is 13.8 Å². The molecule has 0 amide bonds. The molecule has 2 atom stereocenters. The Labute approximate surface area is 120 Å². The molecular formula is C14H20N2O3S. The third kappa shape index (κ3) is 3.08. The van der Waals surface area contributed by atoms with E-state index in [0.717, 1.165) is 0 Å². The first-order valence-electron chi connectivity index (χ1n) is 6.68. The molecule has 0 aliphatic carbocycles. The summed E-state index contributed by atoms with van der Waals surface area (Å²) in [6.07, 6.45) is 0. The monoisotopic (exact) mass is 296 g/mol. The van der Waals surface area contributed by atoms with Gasteiger partial charge >= 0.3 is 0 Å². The first-order valence-corrected chi connectivity index (χ1v) is 8.12. The highest BCUT2D eigenvalue weighted by Gasteiger charge is 2.31. The second-order valence-corrected chi connectivity index (χ2v) is 7.31. The van der Waals surface area contributed by atoms with E-state index >= 15 is 0 Å². The molecule has 1 heterocycles. The molecule has 1 fully saturated rings. The van der Waals surface area contributed by atoms with Gasteiger partial charge in [0.25, 0.3) is 0 Å². The fourth-order valence-corrected chi connectivity index (χ4v) is 4.16. The number of nitrogens with one attached hydrogen (secondary N) is 1. The van der Waals surface area contributed by atoms with Crippen LogP contribution in [0.2, 0.25) is 0 Å². The molecule has 0 spiro atoms. The van der Waals surface area contributed by atoms with Gasteiger partial charge in [0.2, 0.25) is 10.0 Å². The lowest BCUT2D eigenvalue weighted by atomic mass is 10.2. The molecule has 0 aromatic heterocycles. The molecule has 1 aliphatic heterocycles. The normalized spacial score (nSPS) is 24.6. The molecule has 2 rings (SSSR count). The highest BCUT2D eigenvalue weighted by molar-refractivity contribution is 7.89. The van der Waals surface area contributed by atoms with Crippen LogP contribution in [0, 0.1) is 0 Å². The van der Waals surface area contributed by atoms with Crippen molar-refractivity contribution in [1.29, 1.82) is 0 Å². The van der Waals surface area contributed by atoms with Crippen molar-refractivity contribution in [3.05, 3.63) is 29.8 Å². The minimum absolute atomic E-state index is 0.115. The van der Waals surface area contributed by atoms with Crippen LogP contribution >= 0.6 is 0 Å². The zero-order chi connectivity index (χ0) is 14.9. The van der Waals surface area contributed by atoms with Crippen molar-refractivity contribution < 1.29 is 13.2 Å². The van der Waals surface area contributed by atoms with Crippen LogP contribution in [-0.4, -0.2) is 43.7 Å². The average Bonchev–Trinajstić information content (AvgIpc) is 2.37. The van der Waals surface area contributed by atoms with E-state index in [9.17, 15) is 13.2 Å². The number of sulfonamides is 1. The third-order valence-corrected chi connectivity index (χ3v) is 5.23. The van der Waals surface area contributed by atoms with Crippen LogP contribution in [0.5, 0.6) is 0 Å². The quantitative estimate of drug-likeness (QED) is 0.853. The van der Waals surface area contributed by atoms with Crippen molar-refractivity contribution >= 4 is 15.8 Å². The Morgan fingerprint density at radius 1 is 1.25 bits per heavy atom. The molecule has 0 saturated carbocycles. The van der Waals surface area contributed by atoms with Crippen LogP contribution in [0.15, 0.2) is 29.2 Å². The smallest absolute Gasteiger partial charge is 0.243 e. The molecule has 1 aromatic carbocycles. The highest BCUT2D eigenvalue weighted by atomic mass is 32.2. The molecule has 1 saturated heterocycles. The van der Waals surface area contributed by atoms with Crippen LogP contribution in [0.3, 0.4) is 0 Å². The summed E-state index contributed by atoms with van der Waals surface area (Å²) < 4.78 is 26.8. The maximum atomic E-state index is 12.6. The predicted octanol–water partition coefficient (Wildman–Crippen LogP) is 1.26. The van der Waals surface area contributed by atoms with Crippen LogP contribution in [0.25, 0.3) is 0 Å². The topological polar surface area (TPSA) is 66.5 Å². The van der Waals surface area contributed by atoms with E-state index in [-0.39, 0.29) is 22.8 Å². The number of ketones is 1. The summed E-state index contributed by atoms with van der Waals surface area (Å²) in [4.78, 5) is 11.6. The van der Waals surface area contributed by atoms with Crippen LogP contribution in [0.1, 0.15) is 31.1 Å². The maximum absolute atomic E-state index is 12.6. The molecular weight excluding hydrogens is 276 g/mol. The summed E-state index contributed by atoms with van der Waals surface area (Å²) >= 11 is 0. The van der Waals surface area contributed by atoms with Gasteiger partial charge < -0.3 is 5.32 Å². The summed E-state index contributed by atoms with van der Waals surface area (Å²) in [7, 11) is -3.54. The fourth-order valence-electron chi connectivity index (χ4n) is 2.50. The number of benzene rings is 1. The second-order valence-electron chi connectivity index (χ2n) is 5.37. The minimum atomic E-state index is -3.54. The number of carbonyl (C=O) groups excluding carboxylic acids is 1. The molecule has 110 valence electrons. The lowest BCUT2D eigenvalue weighted by molar-refractivity contribution is 0.101. The fraction of sp³-hybridized carbons (Fsp3) is 0.500. The van der Waals surface area contributed by atoms with E-state index in [4.69, 9.17) is 0 Å². The van der Waals surface area contributed by atoms with Gasteiger partial charge in [-0.1, -0.05) is 12.1 Å². The predicted molar refractivity (Wildman–Crippen MR) is 77.3 cm³/mol. The Kier molecular flexibility index (Phi) is 4.27. The van der Waals surface area contributed by atoms with Crippen molar-refractivity contribution in [3.63, 3.8) is 0 Å². The number of carbonyl (C=O) groups is 1. The summed E-state index contributed by atoms with van der Waals surface area (Å²) in [6, 6.07) is 6.46. The Bertz CT molecular complexity index is 603. The van der Waals surface area contributed by atoms with Crippen molar-refractivity contribution in [2.45, 2.75) is 37.8 Å². The van der Waals surface area contributed by atoms with Crippen molar-refractivity contribution in [3.8, 4) is 0 Å². The molecule has 1 aliphatic rings. The van der Waals surface area contributed by atoms with Crippen LogP contribution in [0.4, 0.5) is 0 Å². The van der Waals surface area contributed by atoms with Gasteiger partial charge in [-0.2, -0.15) is 4.31 Å². The highest BCUT2D eigenvalue weighted by Crippen LogP contribution is 2.20. The first-order chi connectivity index (χ1) is 9.30. The van der Waals surface area contributed by atoms with Gasteiger partial charge in [-0.3, -0.25) is 4.79 Å². The lowest BCUT2D eigenvalue weighted by Gasteiger charge is -2.35. The van der Waals surface area contributed by atoms with E-state index in [0.29, 0.717) is 18.7 Å². The lowest BCUT2D eigenvalue weighted by Crippen LogP contribution is -2.55. The van der Waals surface area contributed by atoms with E-state index in [2.05, 4.69) is 5.32 Å². The Hall–Kier alpha value is -1.24. The van der Waals surface area contributed by atoms with Crippen molar-refractivity contribution in [2.75, 3.05) is 13.1 Å². The molecule has 5 nitrogen and oxygen atoms in total. The molecule has 2 unspecified atom stereocenters. The molecule has 20 heavy (non-hydrogen) atoms. The number of rotatable bonds is 3. The summed E-state index contributed by atoms with van der Waals surface area (Å²) in [5, 5.41) is 3.30. The first kappa shape index (κ1) is 15.2. The molecule has 6 heteroatoms. The van der Waals surface area contributed by atoms with Gasteiger partial charge in [-0.05, 0) is 32.9 Å². The van der Waals surface area contributed by atoms with Gasteiger partial charge in [0.15, 0.2) is 5.78 Å². The number of nitrogens with zero attached hydrogens (tertiary/aromatic N) is 1. The minimum Gasteiger partial charge on any atom is -0.309 e. The molecule has 1 aromatic rings. The van der Waals surface area contributed by atoms with Crippen molar-refractivity contribution in [1.82, 2.24) is 9.62 Å². The number of hydrogen-bond donors (Lipinski definition) is 1. The standard InChI is InChI=1S/C14H20N2O3S/c1-10-8-16(9-11(2)15-10)20(18,19)14-6-4-5-13(7-14)12(3)17/h4-7,10-11,15H,8-9H2,1-3H3. The number of Topliss-reactive ketones (excluding diaryl/α,β-unsaturated/α-hetero) is 1. The maximum Gasteiger partial charge on any atom is 0.243 e. The van der Waals surface area contributed by atoms with Gasteiger partial charge in [0.1, 0.15) is 0 Å². The van der Waals surface area contributed by atoms with E-state index in [1.165, 1.54) is 17.3 Å². The second kappa shape index (κ2) is 5.63. The van der Waals surface area contributed by atoms with Crippen LogP contribution < -0.4 is 5.32 Å². The largest absolute Gasteiger partial charge is 0.309 e. The zero-order valence-electron chi connectivity index (χ0n) is 12.0. The average molecular weight is 296 g/mol. The summed E-state index contributed by atoms with van der Waals surface area (Å²) in [5.41, 5.74) is 0.419. The van der Waals surface area contributed by atoms with Gasteiger partial charge in [0, 0.05) is 30.7 Å². The van der Waals surface area contributed by atoms with E-state index in [1.54, 1.807) is 18.2 Å². The molecule has 0 radical (unpaired) electrons. The van der Waals surface area contributed by atoms with Crippen LogP contribution in [-0.2, 0) is 10.0 Å². The Morgan fingerprint density at radius 2 is 1.85 bits per heavy atom. The summed E-state index contributed by atoms with van der Waals surface area (Å²) in [6.45, 7) is 6.24. The number of hydrogen-bond acceptors (Lipinski definition) is 4. The van der Waals surface area contributed by atoms with Crippen molar-refractivity contribution in [2.24, 2.45) is 0 Å². The Balaban J connectivity index is 2.34. The third-order valence-electron chi connectivity index (χ3n) is 3.40. The number of piperazine rings is 1. The SMILES string of the molecule is CC(=O)c1cccc(S(=O)(=O)N2CC(C)NC(C)C2)c1. The summed E-state index contributed by atoms with van der Waals surface area (Å²) in [5.74, 6) is -0.135. The van der Waals surface area contributed by atoms with Gasteiger partial charge in [-0.25, -0.2) is 8.42 Å².